The molecule has 0 aromatic heterocycles. The van der Waals surface area contributed by atoms with E-state index in [1.54, 1.807) is 13.2 Å². The average Bonchev–Trinajstić information content (AvgIpc) is 2.84. The van der Waals surface area contributed by atoms with Gasteiger partial charge in [-0.15, -0.1) is 0 Å². The first kappa shape index (κ1) is 13.9. The number of ether oxygens (including phenoxy) is 1. The molecule has 5 nitrogen and oxygen atoms in total. The van der Waals surface area contributed by atoms with Gasteiger partial charge < -0.3 is 10.1 Å². The fourth-order valence-electron chi connectivity index (χ4n) is 2.53. The van der Waals surface area contributed by atoms with Crippen molar-refractivity contribution in [1.82, 2.24) is 5.32 Å². The van der Waals surface area contributed by atoms with Crippen LogP contribution in [0.1, 0.15) is 24.8 Å². The lowest BCUT2D eigenvalue weighted by Crippen LogP contribution is -2.36. The maximum absolute atomic E-state index is 13.9. The van der Waals surface area contributed by atoms with Crippen molar-refractivity contribution in [3.05, 3.63) is 39.7 Å². The van der Waals surface area contributed by atoms with E-state index in [1.807, 2.05) is 0 Å². The molecule has 1 N–H and O–H groups in total. The van der Waals surface area contributed by atoms with Crippen molar-refractivity contribution in [1.29, 1.82) is 0 Å². The Labute approximate surface area is 110 Å². The first-order valence-corrected chi connectivity index (χ1v) is 6.31. The van der Waals surface area contributed by atoms with Gasteiger partial charge in [0.05, 0.1) is 11.0 Å². The van der Waals surface area contributed by atoms with Crippen LogP contribution in [0.3, 0.4) is 0 Å². The number of nitrogens with one attached hydrogen (secondary N) is 1. The summed E-state index contributed by atoms with van der Waals surface area (Å²) < 4.78 is 19.2. The number of nitrogens with zero attached hydrogens (tertiary/aromatic N) is 1. The second-order valence-electron chi connectivity index (χ2n) is 4.70. The molecule has 2 rings (SSSR count). The van der Waals surface area contributed by atoms with Crippen LogP contribution in [0.2, 0.25) is 0 Å². The van der Waals surface area contributed by atoms with E-state index in [9.17, 15) is 14.5 Å². The van der Waals surface area contributed by atoms with Crippen molar-refractivity contribution in [3.8, 4) is 0 Å². The van der Waals surface area contributed by atoms with Crippen LogP contribution in [0.25, 0.3) is 0 Å². The molecule has 1 aliphatic rings. The van der Waals surface area contributed by atoms with Crippen LogP contribution in [-0.4, -0.2) is 24.2 Å². The zero-order valence-corrected chi connectivity index (χ0v) is 10.8. The van der Waals surface area contributed by atoms with Gasteiger partial charge in [-0.25, -0.2) is 0 Å². The van der Waals surface area contributed by atoms with Gasteiger partial charge in [0, 0.05) is 31.3 Å². The lowest BCUT2D eigenvalue weighted by atomic mass is 10.1. The summed E-state index contributed by atoms with van der Waals surface area (Å²) >= 11 is 0. The molecule has 0 heterocycles. The normalized spacial score (nSPS) is 22.6. The quantitative estimate of drug-likeness (QED) is 0.658. The van der Waals surface area contributed by atoms with Crippen LogP contribution in [0.4, 0.5) is 10.1 Å². The molecule has 6 heteroatoms. The summed E-state index contributed by atoms with van der Waals surface area (Å²) in [5, 5.41) is 13.9. The van der Waals surface area contributed by atoms with E-state index >= 15 is 0 Å². The SMILES string of the molecule is COC1CCCC1NCc1cccc([N+](=O)[O-])c1F. The van der Waals surface area contributed by atoms with Crippen molar-refractivity contribution >= 4 is 5.69 Å². The number of hydrogen-bond donors (Lipinski definition) is 1. The Morgan fingerprint density at radius 3 is 3.00 bits per heavy atom. The zero-order chi connectivity index (χ0) is 13.8. The van der Waals surface area contributed by atoms with Crippen molar-refractivity contribution in [2.45, 2.75) is 38.0 Å². The molecule has 0 bridgehead atoms. The molecule has 1 aromatic carbocycles. The van der Waals surface area contributed by atoms with E-state index in [2.05, 4.69) is 5.32 Å². The van der Waals surface area contributed by atoms with Crippen LogP contribution < -0.4 is 5.32 Å². The minimum Gasteiger partial charge on any atom is -0.380 e. The summed E-state index contributed by atoms with van der Waals surface area (Å²) in [4.78, 5) is 9.96. The summed E-state index contributed by atoms with van der Waals surface area (Å²) in [5.74, 6) is -0.757. The smallest absolute Gasteiger partial charge is 0.305 e. The predicted molar refractivity (Wildman–Crippen MR) is 68.3 cm³/mol. The Bertz CT molecular complexity index is 467. The van der Waals surface area contributed by atoms with E-state index in [-0.39, 0.29) is 18.7 Å². The fraction of sp³-hybridized carbons (Fsp3) is 0.538. The second-order valence-corrected chi connectivity index (χ2v) is 4.70. The molecule has 1 aromatic rings. The number of methoxy groups -OCH3 is 1. The van der Waals surface area contributed by atoms with Gasteiger partial charge in [-0.1, -0.05) is 12.1 Å². The molecule has 2 atom stereocenters. The molecule has 0 aliphatic heterocycles. The van der Waals surface area contributed by atoms with Crippen LogP contribution in [0.5, 0.6) is 0 Å². The topological polar surface area (TPSA) is 64.4 Å². The summed E-state index contributed by atoms with van der Waals surface area (Å²) in [6.45, 7) is 0.276. The van der Waals surface area contributed by atoms with E-state index in [1.165, 1.54) is 12.1 Å². The van der Waals surface area contributed by atoms with Gasteiger partial charge in [-0.3, -0.25) is 10.1 Å². The zero-order valence-electron chi connectivity index (χ0n) is 10.8. The standard InChI is InChI=1S/C13H17FN2O3/c1-19-12-7-3-5-10(12)15-8-9-4-2-6-11(13(9)14)16(17)18/h2,4,6,10,12,15H,3,5,7-8H2,1H3. The van der Waals surface area contributed by atoms with E-state index in [0.29, 0.717) is 5.56 Å². The fourth-order valence-corrected chi connectivity index (χ4v) is 2.53. The molecule has 2 unspecified atom stereocenters. The van der Waals surface area contributed by atoms with Crippen molar-refractivity contribution < 1.29 is 14.1 Å². The summed E-state index contributed by atoms with van der Waals surface area (Å²) in [6.07, 6.45) is 3.19. The third-order valence-corrected chi connectivity index (χ3v) is 3.57. The molecule has 0 saturated heterocycles. The van der Waals surface area contributed by atoms with Crippen LogP contribution >= 0.6 is 0 Å². The molecule has 0 spiro atoms. The average molecular weight is 268 g/mol. The van der Waals surface area contributed by atoms with Gasteiger partial charge in [-0.05, 0) is 19.3 Å². The van der Waals surface area contributed by atoms with Crippen LogP contribution in [0.15, 0.2) is 18.2 Å². The monoisotopic (exact) mass is 268 g/mol. The molecule has 0 radical (unpaired) electrons. The molecule has 0 amide bonds. The molecule has 19 heavy (non-hydrogen) atoms. The van der Waals surface area contributed by atoms with E-state index in [0.717, 1.165) is 19.3 Å². The minimum atomic E-state index is -0.757. The third kappa shape index (κ3) is 3.08. The Morgan fingerprint density at radius 2 is 2.32 bits per heavy atom. The van der Waals surface area contributed by atoms with E-state index < -0.39 is 16.4 Å². The van der Waals surface area contributed by atoms with Crippen LogP contribution in [-0.2, 0) is 11.3 Å². The Morgan fingerprint density at radius 1 is 1.53 bits per heavy atom. The first-order valence-electron chi connectivity index (χ1n) is 6.31. The van der Waals surface area contributed by atoms with Gasteiger partial charge in [0.2, 0.25) is 5.82 Å². The Balaban J connectivity index is 2.03. The van der Waals surface area contributed by atoms with Crippen LogP contribution in [0, 0.1) is 15.9 Å². The minimum absolute atomic E-state index is 0.141. The Hall–Kier alpha value is -1.53. The molecule has 1 saturated carbocycles. The number of nitro groups is 1. The maximum atomic E-state index is 13.9. The predicted octanol–water partition coefficient (Wildman–Crippen LogP) is 2.39. The van der Waals surface area contributed by atoms with Gasteiger partial charge in [-0.2, -0.15) is 4.39 Å². The third-order valence-electron chi connectivity index (χ3n) is 3.57. The number of hydrogen-bond acceptors (Lipinski definition) is 4. The highest BCUT2D eigenvalue weighted by Crippen LogP contribution is 2.23. The molecular weight excluding hydrogens is 251 g/mol. The molecule has 1 aliphatic carbocycles. The Kier molecular flexibility index (Phi) is 4.44. The van der Waals surface area contributed by atoms with Gasteiger partial charge >= 0.3 is 5.69 Å². The number of rotatable bonds is 5. The largest absolute Gasteiger partial charge is 0.380 e. The highest BCUT2D eigenvalue weighted by atomic mass is 19.1. The maximum Gasteiger partial charge on any atom is 0.305 e. The second kappa shape index (κ2) is 6.08. The summed E-state index contributed by atoms with van der Waals surface area (Å²) in [5.41, 5.74) is -0.162. The molecule has 104 valence electrons. The van der Waals surface area contributed by atoms with Crippen molar-refractivity contribution in [2.24, 2.45) is 0 Å². The number of benzene rings is 1. The van der Waals surface area contributed by atoms with Gasteiger partial charge in [0.15, 0.2) is 0 Å². The van der Waals surface area contributed by atoms with Crippen molar-refractivity contribution in [3.63, 3.8) is 0 Å². The number of halogens is 1. The first-order chi connectivity index (χ1) is 9.13. The van der Waals surface area contributed by atoms with E-state index in [4.69, 9.17) is 4.74 Å². The lowest BCUT2D eigenvalue weighted by Gasteiger charge is -2.19. The van der Waals surface area contributed by atoms with Gasteiger partial charge in [0.1, 0.15) is 0 Å². The molecule has 1 fully saturated rings. The lowest BCUT2D eigenvalue weighted by molar-refractivity contribution is -0.387. The van der Waals surface area contributed by atoms with Crippen molar-refractivity contribution in [2.75, 3.05) is 7.11 Å². The number of nitro benzene ring substituents is 1. The summed E-state index contributed by atoms with van der Waals surface area (Å²) in [6, 6.07) is 4.42. The summed E-state index contributed by atoms with van der Waals surface area (Å²) in [7, 11) is 1.67. The highest BCUT2D eigenvalue weighted by Gasteiger charge is 2.27. The molecular formula is C13H17FN2O3. The highest BCUT2D eigenvalue weighted by molar-refractivity contribution is 5.36. The van der Waals surface area contributed by atoms with Gasteiger partial charge in [0.25, 0.3) is 0 Å².